The average Bonchev–Trinajstić information content (AvgIpc) is 2.76. The summed E-state index contributed by atoms with van der Waals surface area (Å²) in [6.45, 7) is 0. The van der Waals surface area contributed by atoms with E-state index in [9.17, 15) is 0 Å². The average molecular weight is 360 g/mol. The van der Waals surface area contributed by atoms with Gasteiger partial charge in [0.15, 0.2) is 0 Å². The molecule has 6 rings (SSSR count). The Morgan fingerprint density at radius 1 is 0.357 bits per heavy atom. The lowest BCUT2D eigenvalue weighted by Gasteiger charge is -2.39. The van der Waals surface area contributed by atoms with E-state index < -0.39 is 0 Å². The molecule has 28 heavy (non-hydrogen) atoms. The summed E-state index contributed by atoms with van der Waals surface area (Å²) in [5, 5.41) is 7.28. The monoisotopic (exact) mass is 360 g/mol. The van der Waals surface area contributed by atoms with E-state index in [1.165, 1.54) is 45.0 Å². The normalized spacial score (nSPS) is 14.7. The lowest BCUT2D eigenvalue weighted by atomic mass is 9.70. The van der Waals surface area contributed by atoms with Crippen LogP contribution in [0.15, 0.2) is 97.1 Å². The van der Waals surface area contributed by atoms with Crippen LogP contribution in [0.5, 0.6) is 0 Å². The first-order valence-electron chi connectivity index (χ1n) is 9.80. The van der Waals surface area contributed by atoms with Crippen molar-refractivity contribution in [2.75, 3.05) is 10.6 Å². The molecule has 0 aliphatic carbocycles. The molecule has 0 bridgehead atoms. The lowest BCUT2D eigenvalue weighted by Crippen LogP contribution is -2.23. The minimum Gasteiger partial charge on any atom is -0.355 e. The molecule has 0 saturated heterocycles. The summed E-state index contributed by atoms with van der Waals surface area (Å²) in [4.78, 5) is 0. The second-order valence-electron chi connectivity index (χ2n) is 7.55. The van der Waals surface area contributed by atoms with Crippen molar-refractivity contribution >= 4 is 22.7 Å². The molecule has 0 unspecified atom stereocenters. The van der Waals surface area contributed by atoms with Gasteiger partial charge in [0.05, 0.1) is 0 Å². The van der Waals surface area contributed by atoms with Gasteiger partial charge in [0.2, 0.25) is 0 Å². The molecule has 0 atom stereocenters. The van der Waals surface area contributed by atoms with Crippen LogP contribution in [-0.4, -0.2) is 0 Å². The minimum absolute atomic E-state index is 0.262. The van der Waals surface area contributed by atoms with Crippen LogP contribution in [0, 0.1) is 0 Å². The highest BCUT2D eigenvalue weighted by atomic mass is 14.9. The fourth-order valence-corrected chi connectivity index (χ4v) is 4.87. The highest BCUT2D eigenvalue weighted by molar-refractivity contribution is 5.79. The highest BCUT2D eigenvalue weighted by Crippen LogP contribution is 2.54. The predicted octanol–water partition coefficient (Wildman–Crippen LogP) is 6.76. The van der Waals surface area contributed by atoms with Crippen LogP contribution in [-0.2, 0) is 0 Å². The number of fused-ring (bicyclic) bond motifs is 4. The molecule has 2 nitrogen and oxygen atoms in total. The Balaban J connectivity index is 1.66. The predicted molar refractivity (Wildman–Crippen MR) is 116 cm³/mol. The Bertz CT molecular complexity index is 1010. The standard InChI is InChI=1S/C26H20N2/c1-5-13-21-17(9-1)25(18-10-2-6-14-22(18)27-21)26-19-11-3-7-15-23(19)28-24-16-8-4-12-20(24)26/h1-16,25-28H. The third-order valence-corrected chi connectivity index (χ3v) is 6.06. The molecule has 0 spiro atoms. The summed E-state index contributed by atoms with van der Waals surface area (Å²) in [7, 11) is 0. The smallest absolute Gasteiger partial charge is 0.0423 e. The van der Waals surface area contributed by atoms with Gasteiger partial charge in [0.1, 0.15) is 0 Å². The summed E-state index contributed by atoms with van der Waals surface area (Å²) in [6.07, 6.45) is 0. The molecule has 0 saturated carbocycles. The van der Waals surface area contributed by atoms with Crippen molar-refractivity contribution in [1.29, 1.82) is 0 Å². The highest BCUT2D eigenvalue weighted by Gasteiger charge is 2.37. The van der Waals surface area contributed by atoms with Crippen LogP contribution < -0.4 is 10.6 Å². The van der Waals surface area contributed by atoms with E-state index in [1.54, 1.807) is 0 Å². The SMILES string of the molecule is c1ccc2c(c1)Nc1ccccc1C2C1c2ccccc2Nc2ccccc21. The number of hydrogen-bond acceptors (Lipinski definition) is 2. The van der Waals surface area contributed by atoms with Gasteiger partial charge in [-0.05, 0) is 46.5 Å². The van der Waals surface area contributed by atoms with Crippen LogP contribution in [0.1, 0.15) is 34.1 Å². The van der Waals surface area contributed by atoms with Crippen molar-refractivity contribution in [3.8, 4) is 0 Å². The number of anilines is 4. The maximum absolute atomic E-state index is 3.64. The molecule has 0 fully saturated rings. The van der Waals surface area contributed by atoms with Crippen molar-refractivity contribution in [3.05, 3.63) is 119 Å². The Hall–Kier alpha value is -3.52. The fourth-order valence-electron chi connectivity index (χ4n) is 4.87. The molecule has 4 aromatic rings. The molecule has 0 aromatic heterocycles. The van der Waals surface area contributed by atoms with Gasteiger partial charge in [0, 0.05) is 34.6 Å². The number of hydrogen-bond donors (Lipinski definition) is 2. The van der Waals surface area contributed by atoms with E-state index >= 15 is 0 Å². The minimum atomic E-state index is 0.262. The largest absolute Gasteiger partial charge is 0.355 e. The Morgan fingerprint density at radius 2 is 0.607 bits per heavy atom. The Kier molecular flexibility index (Phi) is 3.33. The van der Waals surface area contributed by atoms with E-state index in [0.29, 0.717) is 0 Å². The van der Waals surface area contributed by atoms with E-state index in [0.717, 1.165) is 0 Å². The maximum Gasteiger partial charge on any atom is 0.0423 e. The van der Waals surface area contributed by atoms with Gasteiger partial charge in [-0.15, -0.1) is 0 Å². The molecule has 4 aromatic carbocycles. The molecule has 2 N–H and O–H groups in total. The maximum atomic E-state index is 3.64. The lowest BCUT2D eigenvalue weighted by molar-refractivity contribution is 0.689. The first-order valence-corrected chi connectivity index (χ1v) is 9.80. The molecule has 134 valence electrons. The van der Waals surface area contributed by atoms with Crippen molar-refractivity contribution in [1.82, 2.24) is 0 Å². The zero-order chi connectivity index (χ0) is 18.5. The van der Waals surface area contributed by atoms with Gasteiger partial charge in [-0.1, -0.05) is 72.8 Å². The molecule has 2 heterocycles. The van der Waals surface area contributed by atoms with E-state index in [1.807, 2.05) is 0 Å². The summed E-state index contributed by atoms with van der Waals surface area (Å²) in [5.74, 6) is 0.524. The molecule has 0 amide bonds. The third kappa shape index (κ3) is 2.21. The second kappa shape index (κ2) is 6.00. The zero-order valence-corrected chi connectivity index (χ0v) is 15.4. The van der Waals surface area contributed by atoms with Crippen LogP contribution in [0.2, 0.25) is 0 Å². The van der Waals surface area contributed by atoms with Crippen LogP contribution in [0.3, 0.4) is 0 Å². The quantitative estimate of drug-likeness (QED) is 0.392. The molecular formula is C26H20N2. The fraction of sp³-hybridized carbons (Fsp3) is 0.0769. The van der Waals surface area contributed by atoms with Crippen molar-refractivity contribution in [2.45, 2.75) is 11.8 Å². The molecule has 2 heteroatoms. The van der Waals surface area contributed by atoms with E-state index in [2.05, 4.69) is 108 Å². The molecule has 2 aliphatic heterocycles. The van der Waals surface area contributed by atoms with Gasteiger partial charge in [0.25, 0.3) is 0 Å². The van der Waals surface area contributed by atoms with Gasteiger partial charge >= 0.3 is 0 Å². The van der Waals surface area contributed by atoms with Crippen molar-refractivity contribution in [2.24, 2.45) is 0 Å². The van der Waals surface area contributed by atoms with Crippen molar-refractivity contribution in [3.63, 3.8) is 0 Å². The third-order valence-electron chi connectivity index (χ3n) is 6.06. The van der Waals surface area contributed by atoms with E-state index in [4.69, 9.17) is 0 Å². The summed E-state index contributed by atoms with van der Waals surface area (Å²) in [6, 6.07) is 34.9. The summed E-state index contributed by atoms with van der Waals surface area (Å²) >= 11 is 0. The molecular weight excluding hydrogens is 340 g/mol. The van der Waals surface area contributed by atoms with Gasteiger partial charge in [-0.25, -0.2) is 0 Å². The first kappa shape index (κ1) is 15.5. The number of nitrogens with one attached hydrogen (secondary N) is 2. The van der Waals surface area contributed by atoms with Gasteiger partial charge in [-0.2, -0.15) is 0 Å². The van der Waals surface area contributed by atoms with Gasteiger partial charge in [-0.3, -0.25) is 0 Å². The van der Waals surface area contributed by atoms with Crippen LogP contribution >= 0.6 is 0 Å². The zero-order valence-electron chi connectivity index (χ0n) is 15.4. The Morgan fingerprint density at radius 3 is 0.893 bits per heavy atom. The van der Waals surface area contributed by atoms with E-state index in [-0.39, 0.29) is 11.8 Å². The second-order valence-corrected chi connectivity index (χ2v) is 7.55. The van der Waals surface area contributed by atoms with Crippen LogP contribution in [0.25, 0.3) is 0 Å². The molecule has 2 aliphatic rings. The summed E-state index contributed by atoms with van der Waals surface area (Å²) in [5.41, 5.74) is 10.3. The van der Waals surface area contributed by atoms with Crippen molar-refractivity contribution < 1.29 is 0 Å². The number of para-hydroxylation sites is 4. The van der Waals surface area contributed by atoms with Crippen LogP contribution in [0.4, 0.5) is 22.7 Å². The van der Waals surface area contributed by atoms with Gasteiger partial charge < -0.3 is 10.6 Å². The summed E-state index contributed by atoms with van der Waals surface area (Å²) < 4.78 is 0. The Labute approximate surface area is 164 Å². The number of rotatable bonds is 1. The number of benzene rings is 4. The molecule has 0 radical (unpaired) electrons. The topological polar surface area (TPSA) is 24.1 Å². The first-order chi connectivity index (χ1) is 13.9.